The fourth-order valence-corrected chi connectivity index (χ4v) is 3.77. The number of carbonyl (C=O) groups is 1. The van der Waals surface area contributed by atoms with Crippen LogP contribution < -0.4 is 20.4 Å². The quantitative estimate of drug-likeness (QED) is 0.429. The van der Waals surface area contributed by atoms with Gasteiger partial charge >= 0.3 is 6.09 Å². The molecule has 0 radical (unpaired) electrons. The topological polar surface area (TPSA) is 99.6 Å². The Morgan fingerprint density at radius 3 is 2.84 bits per heavy atom. The number of anilines is 2. The number of rotatable bonds is 5. The van der Waals surface area contributed by atoms with Crippen LogP contribution >= 0.6 is 0 Å². The number of amides is 1. The molecule has 0 aliphatic heterocycles. The first-order valence-electron chi connectivity index (χ1n) is 10.1. The number of aryl methyl sites for hydroxylation is 1. The lowest BCUT2D eigenvalue weighted by Crippen LogP contribution is -2.28. The zero-order valence-electron chi connectivity index (χ0n) is 17.5. The summed E-state index contributed by atoms with van der Waals surface area (Å²) in [5, 5.41) is 12.1. The summed E-state index contributed by atoms with van der Waals surface area (Å²) in [4.78, 5) is 22.4. The number of hydroxylamine groups is 1. The maximum atomic E-state index is 11.2. The van der Waals surface area contributed by atoms with E-state index in [0.29, 0.717) is 11.7 Å². The molecule has 8 nitrogen and oxygen atoms in total. The molecule has 0 saturated heterocycles. The molecule has 1 heterocycles. The Morgan fingerprint density at radius 2 is 2.03 bits per heavy atom. The molecule has 31 heavy (non-hydrogen) atoms. The zero-order chi connectivity index (χ0) is 21.8. The normalized spacial score (nSPS) is 15.0. The van der Waals surface area contributed by atoms with Crippen molar-refractivity contribution in [1.82, 2.24) is 15.4 Å². The van der Waals surface area contributed by atoms with E-state index in [9.17, 15) is 4.79 Å². The highest BCUT2D eigenvalue weighted by Gasteiger charge is 2.20. The van der Waals surface area contributed by atoms with Crippen LogP contribution in [0.2, 0.25) is 0 Å². The molecule has 8 heteroatoms. The summed E-state index contributed by atoms with van der Waals surface area (Å²) in [5.74, 6) is 0.984. The van der Waals surface area contributed by atoms with Crippen molar-refractivity contribution >= 4 is 17.7 Å². The zero-order valence-corrected chi connectivity index (χ0v) is 17.5. The van der Waals surface area contributed by atoms with Gasteiger partial charge in [0.25, 0.3) is 0 Å². The van der Waals surface area contributed by atoms with Crippen molar-refractivity contribution in [3.63, 3.8) is 0 Å². The summed E-state index contributed by atoms with van der Waals surface area (Å²) < 4.78 is 5.03. The van der Waals surface area contributed by atoms with Crippen LogP contribution in [0.15, 0.2) is 54.7 Å². The van der Waals surface area contributed by atoms with Gasteiger partial charge in [-0.2, -0.15) is 0 Å². The molecule has 3 N–H and O–H groups in total. The molecule has 1 aliphatic rings. The summed E-state index contributed by atoms with van der Waals surface area (Å²) in [5.41, 5.74) is 6.81. The predicted molar refractivity (Wildman–Crippen MR) is 119 cm³/mol. The van der Waals surface area contributed by atoms with Crippen LogP contribution in [0, 0.1) is 0 Å². The fourth-order valence-electron chi connectivity index (χ4n) is 3.77. The van der Waals surface area contributed by atoms with E-state index in [-0.39, 0.29) is 6.04 Å². The van der Waals surface area contributed by atoms with Crippen molar-refractivity contribution in [3.8, 4) is 17.0 Å². The maximum absolute atomic E-state index is 11.2. The molecule has 1 aliphatic carbocycles. The van der Waals surface area contributed by atoms with Crippen LogP contribution in [-0.2, 0) is 12.8 Å². The molecule has 4 rings (SSSR count). The molecule has 1 atom stereocenters. The third kappa shape index (κ3) is 4.92. The smallest absolute Gasteiger partial charge is 0.409 e. The first kappa shape index (κ1) is 20.6. The number of aromatic nitrogens is 2. The van der Waals surface area contributed by atoms with Gasteiger partial charge in [-0.25, -0.2) is 20.2 Å². The van der Waals surface area contributed by atoms with E-state index in [0.717, 1.165) is 41.8 Å². The van der Waals surface area contributed by atoms with Crippen LogP contribution in [0.1, 0.15) is 17.5 Å². The second kappa shape index (κ2) is 9.01. The molecule has 0 fully saturated rings. The van der Waals surface area contributed by atoms with E-state index in [1.54, 1.807) is 12.3 Å². The number of carbonyl (C=O) groups excluding carboxylic acids is 1. The first-order valence-corrected chi connectivity index (χ1v) is 10.1. The number of fused-ring (bicyclic) bond motifs is 1. The minimum absolute atomic E-state index is 0.165. The molecular weight excluding hydrogens is 394 g/mol. The van der Waals surface area contributed by atoms with Crippen molar-refractivity contribution < 1.29 is 14.7 Å². The van der Waals surface area contributed by atoms with Gasteiger partial charge in [0.15, 0.2) is 0 Å². The minimum atomic E-state index is -0.908. The summed E-state index contributed by atoms with van der Waals surface area (Å²) in [6.45, 7) is 0. The number of benzene rings is 2. The van der Waals surface area contributed by atoms with Gasteiger partial charge in [-0.05, 0) is 60.7 Å². The third-order valence-corrected chi connectivity index (χ3v) is 5.36. The SMILES string of the molecule is CN(C)c1cccc(-c2ccnc(NC3CCc4ccc(OC(=O)NO)cc4C3)n2)c1. The van der Waals surface area contributed by atoms with Crippen LogP contribution in [0.3, 0.4) is 0 Å². The molecule has 0 bridgehead atoms. The molecule has 160 valence electrons. The Bertz CT molecular complexity index is 1090. The number of nitrogens with one attached hydrogen (secondary N) is 2. The van der Waals surface area contributed by atoms with Gasteiger partial charge in [-0.3, -0.25) is 5.21 Å². The van der Waals surface area contributed by atoms with Gasteiger partial charge in [0.1, 0.15) is 5.75 Å². The maximum Gasteiger partial charge on any atom is 0.436 e. The molecule has 0 saturated carbocycles. The van der Waals surface area contributed by atoms with E-state index in [2.05, 4.69) is 27.3 Å². The lowest BCUT2D eigenvalue weighted by molar-refractivity contribution is 0.127. The standard InChI is InChI=1S/C23H25N5O3/c1-28(2)19-5-3-4-16(13-19)21-10-11-24-22(26-21)25-18-8-6-15-7-9-20(14-17(15)12-18)31-23(29)27-30/h3-5,7,9-11,13-14,18,30H,6,8,12H2,1-2H3,(H,27,29)(H,24,25,26). The summed E-state index contributed by atoms with van der Waals surface area (Å²) in [6, 6.07) is 15.8. The summed E-state index contributed by atoms with van der Waals surface area (Å²) >= 11 is 0. The Labute approximate surface area is 180 Å². The van der Waals surface area contributed by atoms with Crippen LogP contribution in [0.25, 0.3) is 11.3 Å². The summed E-state index contributed by atoms with van der Waals surface area (Å²) in [6.07, 6.45) is 3.48. The highest BCUT2D eigenvalue weighted by atomic mass is 16.6. The van der Waals surface area contributed by atoms with E-state index >= 15 is 0 Å². The molecule has 1 aromatic heterocycles. The molecule has 3 aromatic rings. The fraction of sp³-hybridized carbons (Fsp3) is 0.261. The highest BCUT2D eigenvalue weighted by molar-refractivity contribution is 5.69. The van der Waals surface area contributed by atoms with Crippen LogP contribution in [0.4, 0.5) is 16.4 Å². The molecule has 2 aromatic carbocycles. The lowest BCUT2D eigenvalue weighted by Gasteiger charge is -2.26. The average Bonchev–Trinajstić information content (AvgIpc) is 2.79. The lowest BCUT2D eigenvalue weighted by atomic mass is 9.88. The van der Waals surface area contributed by atoms with Crippen LogP contribution in [0.5, 0.6) is 5.75 Å². The number of ether oxygens (including phenoxy) is 1. The van der Waals surface area contributed by atoms with Gasteiger partial charge in [-0.15, -0.1) is 0 Å². The van der Waals surface area contributed by atoms with Crippen molar-refractivity contribution in [2.45, 2.75) is 25.3 Å². The van der Waals surface area contributed by atoms with E-state index in [1.165, 1.54) is 11.0 Å². The Morgan fingerprint density at radius 1 is 1.16 bits per heavy atom. The van der Waals surface area contributed by atoms with Gasteiger partial charge in [0.2, 0.25) is 5.95 Å². The monoisotopic (exact) mass is 419 g/mol. The largest absolute Gasteiger partial charge is 0.436 e. The molecule has 0 spiro atoms. The van der Waals surface area contributed by atoms with Gasteiger partial charge in [0.05, 0.1) is 5.69 Å². The van der Waals surface area contributed by atoms with E-state index < -0.39 is 6.09 Å². The van der Waals surface area contributed by atoms with Crippen LogP contribution in [-0.4, -0.2) is 41.4 Å². The van der Waals surface area contributed by atoms with Crippen molar-refractivity contribution in [2.24, 2.45) is 0 Å². The highest BCUT2D eigenvalue weighted by Crippen LogP contribution is 2.28. The Balaban J connectivity index is 1.48. The Hall–Kier alpha value is -3.65. The molecule has 1 amide bonds. The van der Waals surface area contributed by atoms with Crippen molar-refractivity contribution in [3.05, 3.63) is 65.9 Å². The average molecular weight is 419 g/mol. The van der Waals surface area contributed by atoms with E-state index in [1.807, 2.05) is 44.4 Å². The van der Waals surface area contributed by atoms with Crippen molar-refractivity contribution in [1.29, 1.82) is 0 Å². The minimum Gasteiger partial charge on any atom is -0.409 e. The predicted octanol–water partition coefficient (Wildman–Crippen LogP) is 3.66. The number of hydrogen-bond donors (Lipinski definition) is 3. The second-order valence-electron chi connectivity index (χ2n) is 7.73. The molecular formula is C23H25N5O3. The van der Waals surface area contributed by atoms with Gasteiger partial charge in [0, 0.05) is 37.6 Å². The third-order valence-electron chi connectivity index (χ3n) is 5.36. The Kier molecular flexibility index (Phi) is 5.99. The number of nitrogens with zero attached hydrogens (tertiary/aromatic N) is 3. The summed E-state index contributed by atoms with van der Waals surface area (Å²) in [7, 11) is 4.03. The number of hydrogen-bond acceptors (Lipinski definition) is 7. The van der Waals surface area contributed by atoms with Crippen molar-refractivity contribution in [2.75, 3.05) is 24.3 Å². The van der Waals surface area contributed by atoms with Gasteiger partial charge < -0.3 is 15.0 Å². The van der Waals surface area contributed by atoms with E-state index in [4.69, 9.17) is 14.9 Å². The first-order chi connectivity index (χ1) is 15.0. The van der Waals surface area contributed by atoms with Gasteiger partial charge in [-0.1, -0.05) is 18.2 Å². The second-order valence-corrected chi connectivity index (χ2v) is 7.73. The molecule has 1 unspecified atom stereocenters.